The van der Waals surface area contributed by atoms with Crippen LogP contribution in [0.1, 0.15) is 83.1 Å². The van der Waals surface area contributed by atoms with Crippen LogP contribution in [-0.4, -0.2) is 23.9 Å². The van der Waals surface area contributed by atoms with Crippen LogP contribution in [0.4, 0.5) is 0 Å². The number of phosphoric acid groups is 2. The molecule has 0 aliphatic heterocycles. The smallest absolute Gasteiger partial charge is 0.386 e. The van der Waals surface area contributed by atoms with Gasteiger partial charge in [-0.25, -0.2) is 0 Å². The van der Waals surface area contributed by atoms with E-state index in [1.807, 2.05) is 0 Å². The van der Waals surface area contributed by atoms with Crippen LogP contribution >= 0.6 is 15.6 Å². The number of hydrogen-bond acceptors (Lipinski definition) is 12. The van der Waals surface area contributed by atoms with E-state index in [0.29, 0.717) is 0 Å². The van der Waals surface area contributed by atoms with E-state index in [0.717, 1.165) is 6.07 Å². The predicted octanol–water partition coefficient (Wildman–Crippen LogP) is 7.02. The van der Waals surface area contributed by atoms with Crippen molar-refractivity contribution in [2.45, 2.75) is 83.1 Å². The zero-order valence-electron chi connectivity index (χ0n) is 25.1. The number of benzene rings is 1. The predicted molar refractivity (Wildman–Crippen MR) is 145 cm³/mol. The Kier molecular flexibility index (Phi) is 10.5. The second kappa shape index (κ2) is 12.0. The van der Waals surface area contributed by atoms with Crippen LogP contribution in [0.2, 0.25) is 0 Å². The summed E-state index contributed by atoms with van der Waals surface area (Å²) in [6, 6.07) is 4.84. The number of carbonyl (C=O) groups is 4. The third kappa shape index (κ3) is 11.0. The Morgan fingerprint density at radius 2 is 0.725 bits per heavy atom. The lowest BCUT2D eigenvalue weighted by Gasteiger charge is -2.25. The largest absolute Gasteiger partial charge is 0.651 e. The van der Waals surface area contributed by atoms with Gasteiger partial charge in [0.2, 0.25) is 0 Å². The summed E-state index contributed by atoms with van der Waals surface area (Å²) in [4.78, 5) is 50.0. The van der Waals surface area contributed by atoms with Crippen molar-refractivity contribution in [2.24, 2.45) is 21.7 Å². The normalized spacial score (nSPS) is 13.1. The Labute approximate surface area is 235 Å². The summed E-state index contributed by atoms with van der Waals surface area (Å²) in [6.45, 7) is 17.9. The average Bonchev–Trinajstić information content (AvgIpc) is 2.70. The van der Waals surface area contributed by atoms with Crippen LogP contribution in [0.15, 0.2) is 24.3 Å². The van der Waals surface area contributed by atoms with Crippen molar-refractivity contribution in [3.05, 3.63) is 24.3 Å². The van der Waals surface area contributed by atoms with Gasteiger partial charge in [0, 0.05) is 6.07 Å². The van der Waals surface area contributed by atoms with E-state index in [9.17, 15) is 28.3 Å². The summed E-state index contributed by atoms with van der Waals surface area (Å²) >= 11 is 0. The maximum atomic E-state index is 13.5. The number of phosphoric ester groups is 2. The van der Waals surface area contributed by atoms with Gasteiger partial charge in [0.05, 0.1) is 21.7 Å². The zero-order chi connectivity index (χ0) is 31.5. The molecule has 0 aliphatic rings. The Bertz CT molecular complexity index is 1070. The molecule has 0 atom stereocenters. The summed E-state index contributed by atoms with van der Waals surface area (Å²) < 4.78 is 57.7. The van der Waals surface area contributed by atoms with Crippen LogP contribution in [0.3, 0.4) is 0 Å². The molecule has 40 heavy (non-hydrogen) atoms. The first-order valence-electron chi connectivity index (χ1n) is 12.3. The van der Waals surface area contributed by atoms with E-state index >= 15 is 0 Å². The first kappa shape index (κ1) is 35.2. The number of hydrogen-bond donors (Lipinski definition) is 0. The Hall–Kier alpha value is -2.84. The highest BCUT2D eigenvalue weighted by atomic mass is 31.2. The van der Waals surface area contributed by atoms with Gasteiger partial charge in [-0.2, -0.15) is 9.13 Å². The molecule has 14 heteroatoms. The van der Waals surface area contributed by atoms with Crippen molar-refractivity contribution in [3.63, 3.8) is 0 Å². The van der Waals surface area contributed by atoms with Crippen molar-refractivity contribution in [2.75, 3.05) is 0 Å². The summed E-state index contributed by atoms with van der Waals surface area (Å²) in [5.74, 6) is -4.51. The summed E-state index contributed by atoms with van der Waals surface area (Å²) in [5, 5.41) is 0. The van der Waals surface area contributed by atoms with Gasteiger partial charge in [0.15, 0.2) is 0 Å². The summed E-state index contributed by atoms with van der Waals surface area (Å²) in [6.07, 6.45) is 0. The first-order valence-corrected chi connectivity index (χ1v) is 15.2. The molecule has 0 saturated carbocycles. The van der Waals surface area contributed by atoms with E-state index in [-0.39, 0.29) is 11.5 Å². The zero-order valence-corrected chi connectivity index (χ0v) is 26.9. The van der Waals surface area contributed by atoms with Crippen molar-refractivity contribution in [1.29, 1.82) is 0 Å². The van der Waals surface area contributed by atoms with Gasteiger partial charge in [-0.3, -0.25) is 19.2 Å². The van der Waals surface area contributed by atoms with E-state index in [4.69, 9.17) is 27.1 Å². The number of rotatable bonds is 8. The minimum atomic E-state index is -4.90. The van der Waals surface area contributed by atoms with Crippen molar-refractivity contribution >= 4 is 39.5 Å². The average molecular weight is 607 g/mol. The Morgan fingerprint density at radius 3 is 0.925 bits per heavy atom. The quantitative estimate of drug-likeness (QED) is 0.279. The molecule has 1 aromatic carbocycles. The molecular weight excluding hydrogens is 566 g/mol. The van der Waals surface area contributed by atoms with Gasteiger partial charge in [-0.15, -0.1) is 0 Å². The van der Waals surface area contributed by atoms with Crippen molar-refractivity contribution in [3.8, 4) is 11.5 Å². The fraction of sp³-hybridized carbons (Fsp3) is 0.615. The minimum Gasteiger partial charge on any atom is -0.386 e. The van der Waals surface area contributed by atoms with Gasteiger partial charge >= 0.3 is 39.5 Å². The molecule has 0 radical (unpaired) electrons. The highest BCUT2D eigenvalue weighted by Crippen LogP contribution is 2.55. The third-order valence-electron chi connectivity index (χ3n) is 4.47. The van der Waals surface area contributed by atoms with Crippen LogP contribution in [0.5, 0.6) is 11.5 Å². The van der Waals surface area contributed by atoms with Gasteiger partial charge in [-0.05, 0) is 95.2 Å². The third-order valence-corrected chi connectivity index (χ3v) is 6.89. The monoisotopic (exact) mass is 606 g/mol. The van der Waals surface area contributed by atoms with E-state index in [1.165, 1.54) is 101 Å². The molecule has 0 heterocycles. The van der Waals surface area contributed by atoms with Crippen LogP contribution in [0, 0.1) is 21.7 Å². The lowest BCUT2D eigenvalue weighted by atomic mass is 9.98. The summed E-state index contributed by atoms with van der Waals surface area (Å²) in [5.41, 5.74) is -4.51. The Balaban J connectivity index is 3.44. The van der Waals surface area contributed by atoms with Gasteiger partial charge in [0.25, 0.3) is 0 Å². The molecule has 12 nitrogen and oxygen atoms in total. The molecule has 0 aromatic heterocycles. The molecule has 0 bridgehead atoms. The molecule has 0 amide bonds. The van der Waals surface area contributed by atoms with Crippen LogP contribution < -0.4 is 9.05 Å². The molecule has 0 saturated heterocycles. The maximum Gasteiger partial charge on any atom is 0.651 e. The van der Waals surface area contributed by atoms with Gasteiger partial charge < -0.3 is 27.1 Å². The Morgan fingerprint density at radius 1 is 0.500 bits per heavy atom. The van der Waals surface area contributed by atoms with Gasteiger partial charge in [-0.1, -0.05) is 6.07 Å². The van der Waals surface area contributed by atoms with E-state index in [2.05, 4.69) is 0 Å². The molecule has 0 fully saturated rings. The lowest BCUT2D eigenvalue weighted by molar-refractivity contribution is -0.151. The van der Waals surface area contributed by atoms with Gasteiger partial charge in [0.1, 0.15) is 11.5 Å². The molecule has 226 valence electrons. The highest BCUT2D eigenvalue weighted by molar-refractivity contribution is 7.50. The maximum absolute atomic E-state index is 13.5. The highest BCUT2D eigenvalue weighted by Gasteiger charge is 2.45. The molecular formula is C26H40O12P2. The fourth-order valence-corrected chi connectivity index (χ4v) is 4.79. The topological polar surface area (TPSA) is 158 Å². The van der Waals surface area contributed by atoms with Crippen molar-refractivity contribution < 1.29 is 55.5 Å². The van der Waals surface area contributed by atoms with Crippen LogP contribution in [0.25, 0.3) is 0 Å². The second-order valence-electron chi connectivity index (χ2n) is 13.1. The first-order chi connectivity index (χ1) is 17.7. The fourth-order valence-electron chi connectivity index (χ4n) is 1.91. The molecule has 0 spiro atoms. The van der Waals surface area contributed by atoms with Crippen LogP contribution in [-0.2, 0) is 46.4 Å². The molecule has 0 N–H and O–H groups in total. The minimum absolute atomic E-state index is 0.305. The molecule has 1 rings (SSSR count). The van der Waals surface area contributed by atoms with Crippen molar-refractivity contribution in [1.82, 2.24) is 0 Å². The SMILES string of the molecule is CC(C)(C)C(=O)OP(=O)(OC(=O)C(C)(C)C)Oc1cccc(OP(=O)(OC(=O)C(C)(C)C)OC(=O)C(C)(C)C)c1. The van der Waals surface area contributed by atoms with E-state index < -0.39 is 61.2 Å². The summed E-state index contributed by atoms with van der Waals surface area (Å²) in [7, 11) is -9.80. The lowest BCUT2D eigenvalue weighted by Crippen LogP contribution is -2.27. The molecule has 0 unspecified atom stereocenters. The molecule has 1 aromatic rings. The number of carbonyl (C=O) groups excluding carboxylic acids is 4. The molecule has 0 aliphatic carbocycles. The van der Waals surface area contributed by atoms with E-state index in [1.54, 1.807) is 0 Å². The standard InChI is InChI=1S/C26H40O12P2/c1-23(2,3)19(27)35-39(31,36-20(28)24(4,5)6)33-17-14-13-15-18(16-17)34-40(32,37-21(29)25(7,8)9)38-22(30)26(10,11)12/h13-16H,1-12H3. The second-order valence-corrected chi connectivity index (χ2v) is 16.0.